The summed E-state index contributed by atoms with van der Waals surface area (Å²) in [4.78, 5) is 25.9. The third kappa shape index (κ3) is 3.62. The molecule has 5 nitrogen and oxygen atoms in total. The summed E-state index contributed by atoms with van der Waals surface area (Å²) in [6.07, 6.45) is 0.377. The van der Waals surface area contributed by atoms with Gasteiger partial charge in [0.05, 0.1) is 16.4 Å². The van der Waals surface area contributed by atoms with Gasteiger partial charge in [-0.15, -0.1) is 11.3 Å². The Labute approximate surface area is 150 Å². The topological polar surface area (TPSA) is 72.6 Å². The molecule has 1 saturated heterocycles. The predicted octanol–water partition coefficient (Wildman–Crippen LogP) is 4.02. The van der Waals surface area contributed by atoms with Gasteiger partial charge in [0, 0.05) is 15.7 Å². The molecule has 2 aromatic rings. The lowest BCUT2D eigenvalue weighted by molar-refractivity contribution is 0.0376. The van der Waals surface area contributed by atoms with E-state index in [2.05, 4.69) is 15.9 Å². The van der Waals surface area contributed by atoms with Crippen molar-refractivity contribution in [1.82, 2.24) is 4.90 Å². The summed E-state index contributed by atoms with van der Waals surface area (Å²) in [5.41, 5.74) is 5.06. The number of carbonyl (C=O) groups is 2. The Morgan fingerprint density at radius 1 is 1.39 bits per heavy atom. The number of nitrogens with two attached hydrogens (primary N) is 1. The smallest absolute Gasteiger partial charge is 0.404 e. The molecule has 1 fully saturated rings. The molecular weight excluding hydrogens is 404 g/mol. The van der Waals surface area contributed by atoms with Crippen LogP contribution in [0, 0.1) is 0 Å². The normalized spacial score (nSPS) is 18.2. The van der Waals surface area contributed by atoms with Crippen molar-refractivity contribution in [3.05, 3.63) is 32.6 Å². The highest BCUT2D eigenvalue weighted by Gasteiger charge is 2.27. The fourth-order valence-corrected chi connectivity index (χ4v) is 4.40. The Bertz CT molecular complexity index is 740. The number of likely N-dealkylation sites (tertiary alicyclic amines) is 1. The Morgan fingerprint density at radius 2 is 2.17 bits per heavy atom. The van der Waals surface area contributed by atoms with Crippen LogP contribution in [0.25, 0.3) is 10.1 Å². The highest BCUT2D eigenvalue weighted by atomic mass is 79.9. The van der Waals surface area contributed by atoms with Crippen LogP contribution >= 0.6 is 38.9 Å². The van der Waals surface area contributed by atoms with Crippen molar-refractivity contribution < 1.29 is 14.3 Å². The van der Waals surface area contributed by atoms with E-state index in [4.69, 9.17) is 22.1 Å². The van der Waals surface area contributed by atoms with Crippen LogP contribution in [0.4, 0.5) is 4.79 Å². The van der Waals surface area contributed by atoms with Crippen molar-refractivity contribution in [1.29, 1.82) is 0 Å². The molecule has 0 bridgehead atoms. The Morgan fingerprint density at radius 3 is 2.91 bits per heavy atom. The number of ether oxygens (including phenoxy) is 1. The first-order valence-electron chi connectivity index (χ1n) is 7.08. The van der Waals surface area contributed by atoms with Gasteiger partial charge in [0.1, 0.15) is 6.10 Å². The monoisotopic (exact) mass is 416 g/mol. The van der Waals surface area contributed by atoms with Gasteiger partial charge in [0.2, 0.25) is 0 Å². The molecule has 0 spiro atoms. The lowest BCUT2D eigenvalue weighted by atomic mass is 10.1. The number of primary amides is 1. The molecule has 1 aromatic carbocycles. The zero-order valence-corrected chi connectivity index (χ0v) is 15.2. The summed E-state index contributed by atoms with van der Waals surface area (Å²) >= 11 is 10.9. The van der Waals surface area contributed by atoms with Crippen molar-refractivity contribution in [3.63, 3.8) is 0 Å². The molecule has 1 aliphatic rings. The number of benzene rings is 1. The molecule has 122 valence electrons. The quantitative estimate of drug-likeness (QED) is 0.802. The minimum absolute atomic E-state index is 0.0591. The minimum atomic E-state index is -0.800. The second-order valence-electron chi connectivity index (χ2n) is 5.37. The molecule has 0 saturated carbocycles. The van der Waals surface area contributed by atoms with Crippen LogP contribution in [-0.4, -0.2) is 36.1 Å². The minimum Gasteiger partial charge on any atom is -0.445 e. The van der Waals surface area contributed by atoms with E-state index in [1.165, 1.54) is 11.3 Å². The number of hydrogen-bond donors (Lipinski definition) is 1. The van der Waals surface area contributed by atoms with Gasteiger partial charge in [-0.1, -0.05) is 11.6 Å². The van der Waals surface area contributed by atoms with E-state index in [1.807, 2.05) is 18.2 Å². The first-order valence-corrected chi connectivity index (χ1v) is 9.07. The number of amides is 2. The van der Waals surface area contributed by atoms with E-state index in [-0.39, 0.29) is 12.0 Å². The molecule has 1 atom stereocenters. The molecular formula is C15H14BrClN2O3S. The summed E-state index contributed by atoms with van der Waals surface area (Å²) in [7, 11) is 0. The Hall–Kier alpha value is -1.31. The van der Waals surface area contributed by atoms with Gasteiger partial charge in [-0.25, -0.2) is 4.79 Å². The second-order valence-corrected chi connectivity index (χ2v) is 7.71. The highest BCUT2D eigenvalue weighted by Crippen LogP contribution is 2.34. The first-order chi connectivity index (χ1) is 10.9. The van der Waals surface area contributed by atoms with Crippen LogP contribution in [0.2, 0.25) is 5.02 Å². The van der Waals surface area contributed by atoms with Crippen LogP contribution in [-0.2, 0) is 4.74 Å². The number of halogens is 2. The van der Waals surface area contributed by atoms with E-state index in [1.54, 1.807) is 4.90 Å². The number of nitrogens with zero attached hydrogens (tertiary/aromatic N) is 1. The third-order valence-electron chi connectivity index (χ3n) is 3.72. The largest absolute Gasteiger partial charge is 0.445 e. The SMILES string of the molecule is NC(=O)OC1CCCN(C(=O)c2cc3cc(Cl)c(Br)cc3s2)C1. The van der Waals surface area contributed by atoms with Crippen molar-refractivity contribution in [2.75, 3.05) is 13.1 Å². The fraction of sp³-hybridized carbons (Fsp3) is 0.333. The molecule has 1 aliphatic heterocycles. The van der Waals surface area contributed by atoms with Crippen LogP contribution in [0.15, 0.2) is 22.7 Å². The van der Waals surface area contributed by atoms with Gasteiger partial charge in [0.15, 0.2) is 0 Å². The molecule has 8 heteroatoms. The summed E-state index contributed by atoms with van der Waals surface area (Å²) in [5.74, 6) is -0.0591. The third-order valence-corrected chi connectivity index (χ3v) is 6.00. The predicted molar refractivity (Wildman–Crippen MR) is 94.1 cm³/mol. The maximum Gasteiger partial charge on any atom is 0.404 e. The fourth-order valence-electron chi connectivity index (χ4n) is 2.68. The van der Waals surface area contributed by atoms with Crippen molar-refractivity contribution in [3.8, 4) is 0 Å². The molecule has 0 aliphatic carbocycles. The maximum atomic E-state index is 12.7. The molecule has 23 heavy (non-hydrogen) atoms. The van der Waals surface area contributed by atoms with E-state index < -0.39 is 6.09 Å². The molecule has 2 N–H and O–H groups in total. The highest BCUT2D eigenvalue weighted by molar-refractivity contribution is 9.10. The van der Waals surface area contributed by atoms with E-state index in [9.17, 15) is 9.59 Å². The van der Waals surface area contributed by atoms with Gasteiger partial charge in [-0.3, -0.25) is 4.79 Å². The molecule has 2 amide bonds. The number of piperidine rings is 1. The van der Waals surface area contributed by atoms with Gasteiger partial charge < -0.3 is 15.4 Å². The summed E-state index contributed by atoms with van der Waals surface area (Å²) < 4.78 is 6.82. The van der Waals surface area contributed by atoms with E-state index in [0.717, 1.165) is 27.4 Å². The van der Waals surface area contributed by atoms with Gasteiger partial charge >= 0.3 is 6.09 Å². The van der Waals surface area contributed by atoms with E-state index in [0.29, 0.717) is 23.0 Å². The van der Waals surface area contributed by atoms with Crippen molar-refractivity contribution in [2.45, 2.75) is 18.9 Å². The molecule has 1 unspecified atom stereocenters. The van der Waals surface area contributed by atoms with Gasteiger partial charge in [-0.2, -0.15) is 0 Å². The molecule has 1 aromatic heterocycles. The van der Waals surface area contributed by atoms with Crippen LogP contribution < -0.4 is 5.73 Å². The average molecular weight is 418 g/mol. The Kier molecular flexibility index (Phi) is 4.79. The van der Waals surface area contributed by atoms with Crippen molar-refractivity contribution >= 4 is 61.0 Å². The standard InChI is InChI=1S/C15H14BrClN2O3S/c16-10-6-12-8(4-11(10)17)5-13(23-12)14(20)19-3-1-2-9(7-19)22-15(18)21/h4-6,9H,1-3,7H2,(H2,18,21). The number of hydrogen-bond acceptors (Lipinski definition) is 4. The summed E-state index contributed by atoms with van der Waals surface area (Å²) in [6, 6.07) is 5.59. The summed E-state index contributed by atoms with van der Waals surface area (Å²) in [6.45, 7) is 1.02. The molecule has 0 radical (unpaired) electrons. The number of rotatable bonds is 2. The second kappa shape index (κ2) is 6.67. The number of thiophene rings is 1. The first kappa shape index (κ1) is 16.5. The Balaban J connectivity index is 1.81. The zero-order valence-electron chi connectivity index (χ0n) is 12.1. The number of fused-ring (bicyclic) bond motifs is 1. The van der Waals surface area contributed by atoms with E-state index >= 15 is 0 Å². The van der Waals surface area contributed by atoms with Crippen LogP contribution in [0.3, 0.4) is 0 Å². The van der Waals surface area contributed by atoms with Crippen LogP contribution in [0.1, 0.15) is 22.5 Å². The average Bonchev–Trinajstić information content (AvgIpc) is 2.89. The number of carbonyl (C=O) groups excluding carboxylic acids is 2. The van der Waals surface area contributed by atoms with Gasteiger partial charge in [-0.05, 0) is 52.4 Å². The molecule has 2 heterocycles. The summed E-state index contributed by atoms with van der Waals surface area (Å²) in [5, 5.41) is 1.55. The lowest BCUT2D eigenvalue weighted by Crippen LogP contribution is -2.44. The zero-order chi connectivity index (χ0) is 16.6. The maximum absolute atomic E-state index is 12.7. The molecule has 3 rings (SSSR count). The van der Waals surface area contributed by atoms with Crippen LogP contribution in [0.5, 0.6) is 0 Å². The van der Waals surface area contributed by atoms with Gasteiger partial charge in [0.25, 0.3) is 5.91 Å². The van der Waals surface area contributed by atoms with Crippen molar-refractivity contribution in [2.24, 2.45) is 5.73 Å². The lowest BCUT2D eigenvalue weighted by Gasteiger charge is -2.31.